The Bertz CT molecular complexity index is 957. The minimum absolute atomic E-state index is 0.0584. The van der Waals surface area contributed by atoms with Crippen molar-refractivity contribution in [1.29, 1.82) is 0 Å². The first-order chi connectivity index (χ1) is 11.9. The number of hydrogen-bond acceptors (Lipinski definition) is 5. The van der Waals surface area contributed by atoms with Gasteiger partial charge in [-0.2, -0.15) is 21.6 Å². The summed E-state index contributed by atoms with van der Waals surface area (Å²) >= 11 is 0. The second-order valence-electron chi connectivity index (χ2n) is 5.21. The van der Waals surface area contributed by atoms with Crippen molar-refractivity contribution in [2.24, 2.45) is 0 Å². The highest BCUT2D eigenvalue weighted by molar-refractivity contribution is 7.89. The molecule has 1 unspecified atom stereocenters. The van der Waals surface area contributed by atoms with Gasteiger partial charge in [0.05, 0.1) is 4.90 Å². The molecular formula is C15H14F3NO5S2. The Hall–Kier alpha value is -2.11. The fraction of sp³-hybridized carbons (Fsp3) is 0.200. The van der Waals surface area contributed by atoms with Crippen LogP contribution in [0.2, 0.25) is 0 Å². The molecule has 0 radical (unpaired) electrons. The molecule has 1 N–H and O–H groups in total. The Labute approximate surface area is 148 Å². The molecule has 0 saturated heterocycles. The second-order valence-corrected chi connectivity index (χ2v) is 8.46. The highest BCUT2D eigenvalue weighted by Crippen LogP contribution is 2.27. The molecule has 26 heavy (non-hydrogen) atoms. The fourth-order valence-corrected chi connectivity index (χ4v) is 3.67. The molecule has 1 atom stereocenters. The molecule has 142 valence electrons. The first-order valence-corrected chi connectivity index (χ1v) is 9.99. The predicted molar refractivity (Wildman–Crippen MR) is 87.2 cm³/mol. The van der Waals surface area contributed by atoms with Crippen LogP contribution in [-0.2, 0) is 20.1 Å². The molecule has 2 aromatic carbocycles. The molecule has 2 aromatic rings. The van der Waals surface area contributed by atoms with Crippen molar-refractivity contribution in [3.63, 3.8) is 0 Å². The van der Waals surface area contributed by atoms with Gasteiger partial charge in [-0.1, -0.05) is 30.3 Å². The Balaban J connectivity index is 2.13. The zero-order valence-electron chi connectivity index (χ0n) is 13.3. The normalized spacial score (nSPS) is 14.0. The number of rotatable bonds is 6. The maximum atomic E-state index is 12.3. The molecule has 0 fully saturated rings. The van der Waals surface area contributed by atoms with Gasteiger partial charge >= 0.3 is 15.6 Å². The first kappa shape index (κ1) is 20.2. The molecule has 0 aliphatic heterocycles. The van der Waals surface area contributed by atoms with Crippen molar-refractivity contribution >= 4 is 20.1 Å². The molecule has 0 heterocycles. The molecule has 0 spiro atoms. The van der Waals surface area contributed by atoms with E-state index in [1.165, 1.54) is 31.2 Å². The van der Waals surface area contributed by atoms with Crippen LogP contribution in [0.15, 0.2) is 59.5 Å². The smallest absolute Gasteiger partial charge is 0.376 e. The van der Waals surface area contributed by atoms with E-state index in [2.05, 4.69) is 8.91 Å². The molecule has 0 aromatic heterocycles. The lowest BCUT2D eigenvalue weighted by atomic mass is 10.1. The number of hydrogen-bond donors (Lipinski definition) is 1. The largest absolute Gasteiger partial charge is 0.534 e. The lowest BCUT2D eigenvalue weighted by Gasteiger charge is -2.15. The standard InChI is InChI=1S/C15H14F3NO5S2/c1-11(19-25(20,21)14-5-3-2-4-6-14)12-7-9-13(10-8-12)24-26(22,23)15(16,17)18/h2-11,19H,1H3. The minimum atomic E-state index is -5.76. The molecule has 0 aliphatic carbocycles. The number of halogens is 3. The van der Waals surface area contributed by atoms with Gasteiger partial charge in [-0.25, -0.2) is 13.1 Å². The maximum absolute atomic E-state index is 12.3. The van der Waals surface area contributed by atoms with Crippen LogP contribution < -0.4 is 8.91 Å². The van der Waals surface area contributed by atoms with Crippen molar-refractivity contribution in [2.75, 3.05) is 0 Å². The van der Waals surface area contributed by atoms with Crippen LogP contribution in [-0.4, -0.2) is 22.3 Å². The zero-order valence-corrected chi connectivity index (χ0v) is 14.9. The van der Waals surface area contributed by atoms with Gasteiger partial charge in [0.25, 0.3) is 0 Å². The fourth-order valence-electron chi connectivity index (χ4n) is 1.95. The van der Waals surface area contributed by atoms with E-state index in [-0.39, 0.29) is 4.90 Å². The van der Waals surface area contributed by atoms with Gasteiger partial charge in [-0.3, -0.25) is 0 Å². The summed E-state index contributed by atoms with van der Waals surface area (Å²) < 4.78 is 89.6. The van der Waals surface area contributed by atoms with Crippen LogP contribution in [0.25, 0.3) is 0 Å². The van der Waals surface area contributed by atoms with Crippen molar-refractivity contribution in [1.82, 2.24) is 4.72 Å². The first-order valence-electron chi connectivity index (χ1n) is 7.10. The Kier molecular flexibility index (Phi) is 5.64. The van der Waals surface area contributed by atoms with Gasteiger partial charge in [0.2, 0.25) is 10.0 Å². The summed E-state index contributed by atoms with van der Waals surface area (Å²) in [7, 11) is -9.55. The van der Waals surface area contributed by atoms with Gasteiger partial charge in [-0.05, 0) is 36.8 Å². The van der Waals surface area contributed by atoms with E-state index in [4.69, 9.17) is 0 Å². The van der Waals surface area contributed by atoms with Crippen molar-refractivity contribution in [3.8, 4) is 5.75 Å². The summed E-state index contributed by atoms with van der Waals surface area (Å²) in [5.41, 5.74) is -5.13. The van der Waals surface area contributed by atoms with E-state index in [0.29, 0.717) is 5.56 Å². The molecule has 0 amide bonds. The summed E-state index contributed by atoms with van der Waals surface area (Å²) in [4.78, 5) is 0.0584. The summed E-state index contributed by atoms with van der Waals surface area (Å²) in [5, 5.41) is 0. The topological polar surface area (TPSA) is 89.5 Å². The Morgan fingerprint density at radius 1 is 0.923 bits per heavy atom. The van der Waals surface area contributed by atoms with E-state index >= 15 is 0 Å². The monoisotopic (exact) mass is 409 g/mol. The number of alkyl halides is 3. The van der Waals surface area contributed by atoms with Crippen molar-refractivity contribution in [2.45, 2.75) is 23.4 Å². The second kappa shape index (κ2) is 7.25. The molecular weight excluding hydrogens is 395 g/mol. The zero-order chi connectivity index (χ0) is 19.6. The molecule has 2 rings (SSSR count). The van der Waals surface area contributed by atoms with Crippen molar-refractivity contribution < 1.29 is 34.2 Å². The van der Waals surface area contributed by atoms with Gasteiger partial charge < -0.3 is 4.18 Å². The minimum Gasteiger partial charge on any atom is -0.376 e. The van der Waals surface area contributed by atoms with E-state index in [0.717, 1.165) is 12.1 Å². The average Bonchev–Trinajstić information content (AvgIpc) is 2.54. The summed E-state index contributed by atoms with van der Waals surface area (Å²) in [6.45, 7) is 1.53. The van der Waals surface area contributed by atoms with Crippen LogP contribution in [0, 0.1) is 0 Å². The molecule has 6 nitrogen and oxygen atoms in total. The van der Waals surface area contributed by atoms with E-state index in [9.17, 15) is 30.0 Å². The van der Waals surface area contributed by atoms with E-state index in [1.54, 1.807) is 18.2 Å². The number of nitrogens with one attached hydrogen (secondary N) is 1. The molecule has 0 aliphatic rings. The molecule has 0 saturated carbocycles. The molecule has 11 heteroatoms. The quantitative estimate of drug-likeness (QED) is 0.585. The van der Waals surface area contributed by atoms with Gasteiger partial charge in [0.1, 0.15) is 5.75 Å². The van der Waals surface area contributed by atoms with Crippen molar-refractivity contribution in [3.05, 3.63) is 60.2 Å². The highest BCUT2D eigenvalue weighted by Gasteiger charge is 2.48. The van der Waals surface area contributed by atoms with Crippen LogP contribution in [0.5, 0.6) is 5.75 Å². The van der Waals surface area contributed by atoms with Crippen LogP contribution in [0.4, 0.5) is 13.2 Å². The third-order valence-electron chi connectivity index (χ3n) is 3.25. The summed E-state index contributed by atoms with van der Waals surface area (Å²) in [6, 6.07) is 11.4. The Morgan fingerprint density at radius 3 is 1.96 bits per heavy atom. The third-order valence-corrected chi connectivity index (χ3v) is 5.79. The summed E-state index contributed by atoms with van der Waals surface area (Å²) in [6.07, 6.45) is 0. The summed E-state index contributed by atoms with van der Waals surface area (Å²) in [5.74, 6) is -0.538. The van der Waals surface area contributed by atoms with Gasteiger partial charge in [-0.15, -0.1) is 0 Å². The third kappa shape index (κ3) is 4.74. The van der Waals surface area contributed by atoms with Gasteiger partial charge in [0, 0.05) is 6.04 Å². The van der Waals surface area contributed by atoms with Crippen LogP contribution >= 0.6 is 0 Å². The lowest BCUT2D eigenvalue weighted by molar-refractivity contribution is -0.0500. The average molecular weight is 409 g/mol. The van der Waals surface area contributed by atoms with Crippen LogP contribution in [0.1, 0.15) is 18.5 Å². The maximum Gasteiger partial charge on any atom is 0.534 e. The van der Waals surface area contributed by atoms with E-state index < -0.39 is 37.4 Å². The Morgan fingerprint density at radius 2 is 1.46 bits per heavy atom. The molecule has 0 bridgehead atoms. The SMILES string of the molecule is CC(NS(=O)(=O)c1ccccc1)c1ccc(OS(=O)(=O)C(F)(F)F)cc1. The highest BCUT2D eigenvalue weighted by atomic mass is 32.2. The van der Waals surface area contributed by atoms with Crippen LogP contribution in [0.3, 0.4) is 0 Å². The number of benzene rings is 2. The predicted octanol–water partition coefficient (Wildman–Crippen LogP) is 2.95. The number of sulfonamides is 1. The van der Waals surface area contributed by atoms with E-state index in [1.807, 2.05) is 0 Å². The lowest BCUT2D eigenvalue weighted by Crippen LogP contribution is -2.28. The van der Waals surface area contributed by atoms with Gasteiger partial charge in [0.15, 0.2) is 0 Å².